The fourth-order valence-electron chi connectivity index (χ4n) is 2.44. The van der Waals surface area contributed by atoms with Gasteiger partial charge in [0.1, 0.15) is 10.8 Å². The van der Waals surface area contributed by atoms with E-state index in [2.05, 4.69) is 4.98 Å². The fourth-order valence-corrected chi connectivity index (χ4v) is 3.35. The smallest absolute Gasteiger partial charge is 0.338 e. The van der Waals surface area contributed by atoms with Gasteiger partial charge in [-0.15, -0.1) is 0 Å². The molecule has 0 saturated carbocycles. The van der Waals surface area contributed by atoms with E-state index >= 15 is 0 Å². The molecule has 1 aromatic carbocycles. The standard InChI is InChI=1S/C16H15NO3S/c1-20-11-5-7-12(8-6-11)21-15-13(16(18)19)9-10-3-2-4-14(10)17-15/h5-9H,2-4H2,1H3,(H,18,19). The second kappa shape index (κ2) is 5.77. The third-order valence-electron chi connectivity index (χ3n) is 3.52. The molecule has 0 spiro atoms. The van der Waals surface area contributed by atoms with Crippen LogP contribution in [0, 0.1) is 0 Å². The molecule has 4 nitrogen and oxygen atoms in total. The van der Waals surface area contributed by atoms with Gasteiger partial charge in [-0.1, -0.05) is 11.8 Å². The van der Waals surface area contributed by atoms with Crippen LogP contribution in [0.4, 0.5) is 0 Å². The summed E-state index contributed by atoms with van der Waals surface area (Å²) < 4.78 is 5.12. The molecular weight excluding hydrogens is 286 g/mol. The molecule has 1 aromatic heterocycles. The summed E-state index contributed by atoms with van der Waals surface area (Å²) in [6.45, 7) is 0. The Kier molecular flexibility index (Phi) is 3.84. The third kappa shape index (κ3) is 2.88. The minimum absolute atomic E-state index is 0.288. The number of carboxylic acid groups (broad SMARTS) is 1. The number of methoxy groups -OCH3 is 1. The van der Waals surface area contributed by atoms with Crippen molar-refractivity contribution >= 4 is 17.7 Å². The zero-order valence-electron chi connectivity index (χ0n) is 11.6. The van der Waals surface area contributed by atoms with Crippen molar-refractivity contribution in [2.75, 3.05) is 7.11 Å². The average Bonchev–Trinajstić information content (AvgIpc) is 2.94. The summed E-state index contributed by atoms with van der Waals surface area (Å²) in [5.74, 6) is -0.145. The Balaban J connectivity index is 1.94. The van der Waals surface area contributed by atoms with E-state index in [1.807, 2.05) is 24.3 Å². The molecule has 0 fully saturated rings. The lowest BCUT2D eigenvalue weighted by Gasteiger charge is -2.09. The maximum Gasteiger partial charge on any atom is 0.338 e. The number of ether oxygens (including phenoxy) is 1. The minimum atomic E-state index is -0.923. The van der Waals surface area contributed by atoms with E-state index in [4.69, 9.17) is 4.74 Å². The second-order valence-corrected chi connectivity index (χ2v) is 5.95. The second-order valence-electron chi connectivity index (χ2n) is 4.88. The predicted octanol–water partition coefficient (Wildman–Crippen LogP) is 3.43. The summed E-state index contributed by atoms with van der Waals surface area (Å²) in [5, 5.41) is 9.95. The predicted molar refractivity (Wildman–Crippen MR) is 80.3 cm³/mol. The molecular formula is C16H15NO3S. The van der Waals surface area contributed by atoms with Crippen LogP contribution in [0.3, 0.4) is 0 Å². The van der Waals surface area contributed by atoms with Crippen LogP contribution in [-0.4, -0.2) is 23.2 Å². The number of hydrogen-bond donors (Lipinski definition) is 1. The highest BCUT2D eigenvalue weighted by Crippen LogP contribution is 2.33. The number of rotatable bonds is 4. The Morgan fingerprint density at radius 1 is 1.29 bits per heavy atom. The van der Waals surface area contributed by atoms with Gasteiger partial charge in [-0.25, -0.2) is 9.78 Å². The van der Waals surface area contributed by atoms with Gasteiger partial charge in [0.2, 0.25) is 0 Å². The minimum Gasteiger partial charge on any atom is -0.497 e. The molecule has 1 aliphatic rings. The highest BCUT2D eigenvalue weighted by atomic mass is 32.2. The Morgan fingerprint density at radius 3 is 2.71 bits per heavy atom. The highest BCUT2D eigenvalue weighted by Gasteiger charge is 2.20. The lowest BCUT2D eigenvalue weighted by atomic mass is 10.1. The molecule has 1 heterocycles. The lowest BCUT2D eigenvalue weighted by molar-refractivity contribution is 0.0692. The van der Waals surface area contributed by atoms with Gasteiger partial charge in [-0.3, -0.25) is 0 Å². The quantitative estimate of drug-likeness (QED) is 0.937. The number of carbonyl (C=O) groups is 1. The van der Waals surface area contributed by atoms with Crippen LogP contribution in [0.1, 0.15) is 28.0 Å². The Labute approximate surface area is 127 Å². The van der Waals surface area contributed by atoms with Crippen LogP contribution >= 0.6 is 11.8 Å². The maximum absolute atomic E-state index is 11.4. The molecule has 0 atom stereocenters. The van der Waals surface area contributed by atoms with Gasteiger partial charge in [0.05, 0.1) is 12.7 Å². The fraction of sp³-hybridized carbons (Fsp3) is 0.250. The topological polar surface area (TPSA) is 59.4 Å². The van der Waals surface area contributed by atoms with E-state index in [0.29, 0.717) is 5.03 Å². The van der Waals surface area contributed by atoms with E-state index in [1.54, 1.807) is 13.2 Å². The van der Waals surface area contributed by atoms with E-state index in [0.717, 1.165) is 41.2 Å². The first kappa shape index (κ1) is 13.9. The van der Waals surface area contributed by atoms with Gasteiger partial charge < -0.3 is 9.84 Å². The van der Waals surface area contributed by atoms with Crippen molar-refractivity contribution in [3.63, 3.8) is 0 Å². The first-order valence-electron chi connectivity index (χ1n) is 6.75. The number of aromatic carboxylic acids is 1. The normalized spacial score (nSPS) is 13.0. The van der Waals surface area contributed by atoms with Crippen LogP contribution in [0.25, 0.3) is 0 Å². The molecule has 0 aliphatic heterocycles. The number of hydrogen-bond acceptors (Lipinski definition) is 4. The summed E-state index contributed by atoms with van der Waals surface area (Å²) in [5.41, 5.74) is 2.40. The van der Waals surface area contributed by atoms with E-state index in [-0.39, 0.29) is 5.56 Å². The Hall–Kier alpha value is -2.01. The van der Waals surface area contributed by atoms with Gasteiger partial charge in [-0.05, 0) is 55.2 Å². The van der Waals surface area contributed by atoms with Crippen LogP contribution in [0.2, 0.25) is 0 Å². The molecule has 0 amide bonds. The first-order chi connectivity index (χ1) is 10.2. The number of nitrogens with zero attached hydrogens (tertiary/aromatic N) is 1. The van der Waals surface area contributed by atoms with Crippen molar-refractivity contribution in [1.82, 2.24) is 4.98 Å². The van der Waals surface area contributed by atoms with Crippen molar-refractivity contribution < 1.29 is 14.6 Å². The largest absolute Gasteiger partial charge is 0.497 e. The zero-order chi connectivity index (χ0) is 14.8. The average molecular weight is 301 g/mol. The van der Waals surface area contributed by atoms with Crippen molar-refractivity contribution in [2.45, 2.75) is 29.2 Å². The molecule has 2 aromatic rings. The van der Waals surface area contributed by atoms with Crippen molar-refractivity contribution in [1.29, 1.82) is 0 Å². The third-order valence-corrected chi connectivity index (χ3v) is 4.53. The number of aromatic nitrogens is 1. The van der Waals surface area contributed by atoms with Crippen LogP contribution < -0.4 is 4.74 Å². The van der Waals surface area contributed by atoms with Crippen molar-refractivity contribution in [3.8, 4) is 5.75 Å². The summed E-state index contributed by atoms with van der Waals surface area (Å²) in [6.07, 6.45) is 2.92. The number of aryl methyl sites for hydroxylation is 2. The molecule has 21 heavy (non-hydrogen) atoms. The Bertz CT molecular complexity index is 683. The summed E-state index contributed by atoms with van der Waals surface area (Å²) in [7, 11) is 1.62. The van der Waals surface area contributed by atoms with E-state index < -0.39 is 5.97 Å². The first-order valence-corrected chi connectivity index (χ1v) is 7.57. The van der Waals surface area contributed by atoms with Crippen LogP contribution in [-0.2, 0) is 12.8 Å². The van der Waals surface area contributed by atoms with Gasteiger partial charge in [-0.2, -0.15) is 0 Å². The van der Waals surface area contributed by atoms with E-state index in [1.165, 1.54) is 11.8 Å². The van der Waals surface area contributed by atoms with Crippen molar-refractivity contribution in [3.05, 3.63) is 47.2 Å². The molecule has 5 heteroatoms. The molecule has 1 N–H and O–H groups in total. The maximum atomic E-state index is 11.4. The monoisotopic (exact) mass is 301 g/mol. The molecule has 0 radical (unpaired) electrons. The van der Waals surface area contributed by atoms with Crippen LogP contribution in [0.5, 0.6) is 5.75 Å². The Morgan fingerprint density at radius 2 is 2.05 bits per heavy atom. The SMILES string of the molecule is COc1ccc(Sc2nc3c(cc2C(=O)O)CCC3)cc1. The number of benzene rings is 1. The van der Waals surface area contributed by atoms with Crippen LogP contribution in [0.15, 0.2) is 40.3 Å². The molecule has 0 bridgehead atoms. The zero-order valence-corrected chi connectivity index (χ0v) is 12.4. The summed E-state index contributed by atoms with van der Waals surface area (Å²) >= 11 is 1.38. The molecule has 1 aliphatic carbocycles. The molecule has 108 valence electrons. The summed E-state index contributed by atoms with van der Waals surface area (Å²) in [6, 6.07) is 9.31. The number of pyridine rings is 1. The van der Waals surface area contributed by atoms with Gasteiger partial charge >= 0.3 is 5.97 Å². The van der Waals surface area contributed by atoms with E-state index in [9.17, 15) is 9.90 Å². The van der Waals surface area contributed by atoms with Gasteiger partial charge in [0.15, 0.2) is 0 Å². The van der Waals surface area contributed by atoms with Gasteiger partial charge in [0.25, 0.3) is 0 Å². The molecule has 3 rings (SSSR count). The number of fused-ring (bicyclic) bond motifs is 1. The molecule has 0 saturated heterocycles. The summed E-state index contributed by atoms with van der Waals surface area (Å²) in [4.78, 5) is 17.0. The van der Waals surface area contributed by atoms with Crippen molar-refractivity contribution in [2.24, 2.45) is 0 Å². The molecule has 0 unspecified atom stereocenters. The number of carboxylic acids is 1. The highest BCUT2D eigenvalue weighted by molar-refractivity contribution is 7.99. The lowest BCUT2D eigenvalue weighted by Crippen LogP contribution is -2.04. The van der Waals surface area contributed by atoms with Gasteiger partial charge in [0, 0.05) is 10.6 Å².